The largest absolute Gasteiger partial charge is 0.493 e. The maximum absolute atomic E-state index is 13.6. The van der Waals surface area contributed by atoms with Gasteiger partial charge in [0.1, 0.15) is 5.69 Å². The summed E-state index contributed by atoms with van der Waals surface area (Å²) >= 11 is 0. The summed E-state index contributed by atoms with van der Waals surface area (Å²) in [7, 11) is -4.75. The molecule has 2 unspecified atom stereocenters. The highest BCUT2D eigenvalue weighted by Gasteiger charge is 2.46. The van der Waals surface area contributed by atoms with E-state index in [-0.39, 0.29) is 38.9 Å². The number of aromatic nitrogens is 1. The molecule has 12 heteroatoms. The van der Waals surface area contributed by atoms with Gasteiger partial charge in [-0.25, -0.2) is 9.78 Å². The zero-order valence-electron chi connectivity index (χ0n) is 21.6. The van der Waals surface area contributed by atoms with Crippen LogP contribution in [0.25, 0.3) is 0 Å². The quantitative estimate of drug-likeness (QED) is 0.446. The molecular formula is C25H33F3N4O4S. The van der Waals surface area contributed by atoms with Crippen molar-refractivity contribution in [2.75, 3.05) is 29.0 Å². The van der Waals surface area contributed by atoms with Crippen LogP contribution in [0.5, 0.6) is 0 Å². The van der Waals surface area contributed by atoms with Crippen LogP contribution in [0.3, 0.4) is 0 Å². The van der Waals surface area contributed by atoms with Gasteiger partial charge in [-0.05, 0) is 62.6 Å². The average Bonchev–Trinajstić information content (AvgIpc) is 2.83. The number of alkyl halides is 3. The first kappa shape index (κ1) is 28.7. The zero-order chi connectivity index (χ0) is 27.5. The van der Waals surface area contributed by atoms with Gasteiger partial charge in [0.25, 0.3) is 10.0 Å². The number of carbonyl (C=O) groups is 1. The second-order valence-electron chi connectivity index (χ2n) is 9.52. The molecule has 2 atom stereocenters. The van der Waals surface area contributed by atoms with E-state index in [4.69, 9.17) is 0 Å². The Morgan fingerprint density at radius 2 is 1.73 bits per heavy atom. The minimum Gasteiger partial charge on any atom is -0.352 e. The van der Waals surface area contributed by atoms with Gasteiger partial charge in [0, 0.05) is 31.4 Å². The van der Waals surface area contributed by atoms with Crippen LogP contribution >= 0.6 is 0 Å². The van der Waals surface area contributed by atoms with Crippen molar-refractivity contribution < 1.29 is 31.2 Å². The molecule has 1 fully saturated rings. The Labute approximate surface area is 216 Å². The predicted molar refractivity (Wildman–Crippen MR) is 135 cm³/mol. The maximum Gasteiger partial charge on any atom is 0.493 e. The van der Waals surface area contributed by atoms with Crippen LogP contribution in [0, 0.1) is 0 Å². The summed E-state index contributed by atoms with van der Waals surface area (Å²) in [6, 6.07) is 8.51. The van der Waals surface area contributed by atoms with Crippen molar-refractivity contribution in [3.63, 3.8) is 0 Å². The first-order valence-electron chi connectivity index (χ1n) is 12.2. The molecule has 8 nitrogen and oxygen atoms in total. The summed E-state index contributed by atoms with van der Waals surface area (Å²) in [6.45, 7) is 11.8. The van der Waals surface area contributed by atoms with Crippen molar-refractivity contribution in [1.29, 1.82) is 0 Å². The molecule has 3 rings (SSSR count). The van der Waals surface area contributed by atoms with Crippen LogP contribution in [0.1, 0.15) is 52.5 Å². The van der Waals surface area contributed by atoms with Crippen LogP contribution in [-0.2, 0) is 19.7 Å². The number of benzene rings is 1. The Morgan fingerprint density at radius 1 is 1.14 bits per heavy atom. The molecular weight excluding hydrogens is 509 g/mol. The molecule has 204 valence electrons. The lowest BCUT2D eigenvalue weighted by atomic mass is 10.0. The number of hydrogen-bond acceptors (Lipinski definition) is 7. The summed E-state index contributed by atoms with van der Waals surface area (Å²) < 4.78 is 66.9. The van der Waals surface area contributed by atoms with Gasteiger partial charge in [0.2, 0.25) is 0 Å². The molecule has 0 radical (unpaired) electrons. The molecule has 37 heavy (non-hydrogen) atoms. The molecule has 1 aromatic carbocycles. The Balaban J connectivity index is 2.08. The van der Waals surface area contributed by atoms with Crippen LogP contribution in [0.15, 0.2) is 47.5 Å². The Hall–Kier alpha value is -2.86. The molecule has 0 saturated carbocycles. The van der Waals surface area contributed by atoms with E-state index in [0.29, 0.717) is 13.1 Å². The van der Waals surface area contributed by atoms with Gasteiger partial charge < -0.3 is 9.74 Å². The maximum atomic E-state index is 13.6. The Morgan fingerprint density at radius 3 is 2.24 bits per heavy atom. The van der Waals surface area contributed by atoms with E-state index in [1.807, 2.05) is 32.6 Å². The standard InChI is InChI=1S/C25H33F3N4O4S/c1-6-14-31-18(4)15-30(16-19(31)5)23-22(8-7-13-29-23)32(36-24(33)25(26,27)28)37(34,35)21-11-9-20(10-12-21)17(2)3/h7-13,17-19H,6,14-16H2,1-5H3. The molecule has 1 aromatic heterocycles. The molecule has 2 heterocycles. The first-order valence-corrected chi connectivity index (χ1v) is 13.6. The molecule has 0 aliphatic carbocycles. The SMILES string of the molecule is CCCN1C(C)CN(c2ncccc2N(OC(=O)C(F)(F)F)S(=O)(=O)c2ccc(C(C)C)cc2)CC1C. The molecule has 1 saturated heterocycles. The lowest BCUT2D eigenvalue weighted by Crippen LogP contribution is -2.57. The molecule has 1 aliphatic rings. The van der Waals surface area contributed by atoms with Gasteiger partial charge in [-0.1, -0.05) is 37.4 Å². The van der Waals surface area contributed by atoms with E-state index in [0.717, 1.165) is 18.5 Å². The van der Waals surface area contributed by atoms with E-state index < -0.39 is 22.2 Å². The second kappa shape index (κ2) is 11.3. The van der Waals surface area contributed by atoms with E-state index >= 15 is 0 Å². The van der Waals surface area contributed by atoms with Gasteiger partial charge >= 0.3 is 12.1 Å². The summed E-state index contributed by atoms with van der Waals surface area (Å²) in [6.07, 6.45) is -3.04. The van der Waals surface area contributed by atoms with Gasteiger partial charge in [0.15, 0.2) is 5.82 Å². The third-order valence-electron chi connectivity index (χ3n) is 6.31. The molecule has 0 N–H and O–H groups in total. The summed E-state index contributed by atoms with van der Waals surface area (Å²) in [5.74, 6) is -2.44. The van der Waals surface area contributed by atoms with Gasteiger partial charge in [-0.15, -0.1) is 0 Å². The normalized spacial score (nSPS) is 19.2. The van der Waals surface area contributed by atoms with Crippen LogP contribution < -0.4 is 9.37 Å². The number of piperazine rings is 1. The van der Waals surface area contributed by atoms with E-state index in [1.165, 1.54) is 30.5 Å². The number of rotatable bonds is 8. The number of halogens is 3. The topological polar surface area (TPSA) is 83.0 Å². The first-order chi connectivity index (χ1) is 17.3. The van der Waals surface area contributed by atoms with Crippen molar-refractivity contribution in [1.82, 2.24) is 9.88 Å². The van der Waals surface area contributed by atoms with Gasteiger partial charge in [-0.2, -0.15) is 21.6 Å². The zero-order valence-corrected chi connectivity index (χ0v) is 22.4. The Kier molecular flexibility index (Phi) is 8.74. The molecule has 1 aliphatic heterocycles. The van der Waals surface area contributed by atoms with Crippen molar-refractivity contribution >= 4 is 27.5 Å². The fourth-order valence-corrected chi connectivity index (χ4v) is 5.72. The van der Waals surface area contributed by atoms with Crippen LogP contribution in [0.2, 0.25) is 0 Å². The summed E-state index contributed by atoms with van der Waals surface area (Å²) in [5, 5.41) is 0. The smallest absolute Gasteiger partial charge is 0.352 e. The number of nitrogens with zero attached hydrogens (tertiary/aromatic N) is 4. The van der Waals surface area contributed by atoms with Crippen LogP contribution in [0.4, 0.5) is 24.7 Å². The predicted octanol–water partition coefficient (Wildman–Crippen LogP) is 4.73. The van der Waals surface area contributed by atoms with Crippen molar-refractivity contribution in [2.24, 2.45) is 0 Å². The van der Waals surface area contributed by atoms with Gasteiger partial charge in [0.05, 0.1) is 4.90 Å². The minimum atomic E-state index is -5.41. The summed E-state index contributed by atoms with van der Waals surface area (Å²) in [5.41, 5.74) is 0.559. The van der Waals surface area contributed by atoms with E-state index in [9.17, 15) is 26.4 Å². The lowest BCUT2D eigenvalue weighted by Gasteiger charge is -2.45. The number of anilines is 2. The molecule has 0 bridgehead atoms. The summed E-state index contributed by atoms with van der Waals surface area (Å²) in [4.78, 5) is 24.5. The monoisotopic (exact) mass is 542 g/mol. The number of sulfonamides is 1. The highest BCUT2D eigenvalue weighted by atomic mass is 32.2. The van der Waals surface area contributed by atoms with Crippen molar-refractivity contribution in [2.45, 2.75) is 70.1 Å². The fourth-order valence-electron chi connectivity index (χ4n) is 4.48. The third-order valence-corrected chi connectivity index (χ3v) is 7.88. The molecule has 0 amide bonds. The van der Waals surface area contributed by atoms with Crippen molar-refractivity contribution in [3.8, 4) is 0 Å². The van der Waals surface area contributed by atoms with E-state index in [2.05, 4.69) is 21.6 Å². The van der Waals surface area contributed by atoms with E-state index in [1.54, 1.807) is 12.1 Å². The van der Waals surface area contributed by atoms with Gasteiger partial charge in [-0.3, -0.25) is 4.90 Å². The molecule has 2 aromatic rings. The second-order valence-corrected chi connectivity index (χ2v) is 11.3. The number of carbonyl (C=O) groups excluding carboxylic acids is 1. The third kappa shape index (κ3) is 6.35. The van der Waals surface area contributed by atoms with Crippen LogP contribution in [-0.4, -0.2) is 62.2 Å². The van der Waals surface area contributed by atoms with Crippen molar-refractivity contribution in [3.05, 3.63) is 48.2 Å². The highest BCUT2D eigenvalue weighted by molar-refractivity contribution is 7.92. The lowest BCUT2D eigenvalue weighted by molar-refractivity contribution is -0.199. The fraction of sp³-hybridized carbons (Fsp3) is 0.520. The highest BCUT2D eigenvalue weighted by Crippen LogP contribution is 2.35. The average molecular weight is 543 g/mol. The number of pyridine rings is 1. The minimum absolute atomic E-state index is 0.0449. The number of hydrogen-bond donors (Lipinski definition) is 0. The Bertz CT molecular complexity index is 1180. The molecule has 0 spiro atoms.